The molecule has 1 aliphatic heterocycles. The second-order valence-electron chi connectivity index (χ2n) is 6.94. The minimum absolute atomic E-state index is 0.126. The summed E-state index contributed by atoms with van der Waals surface area (Å²) in [6.45, 7) is 5.96. The van der Waals surface area contributed by atoms with Crippen molar-refractivity contribution in [2.75, 3.05) is 19.8 Å². The van der Waals surface area contributed by atoms with E-state index < -0.39 is 0 Å². The molecule has 24 heavy (non-hydrogen) atoms. The van der Waals surface area contributed by atoms with Crippen LogP contribution in [0.5, 0.6) is 0 Å². The summed E-state index contributed by atoms with van der Waals surface area (Å²) in [5.41, 5.74) is 1.55. The monoisotopic (exact) mass is 346 g/mol. The number of carbonyl (C=O) groups excluding carboxylic acids is 1. The Bertz CT molecular complexity index is 736. The zero-order valence-electron chi connectivity index (χ0n) is 14.1. The minimum Gasteiger partial charge on any atom is -0.441 e. The molecule has 1 atom stereocenters. The van der Waals surface area contributed by atoms with Gasteiger partial charge in [0.1, 0.15) is 5.76 Å². The van der Waals surface area contributed by atoms with E-state index >= 15 is 0 Å². The average molecular weight is 346 g/mol. The Kier molecular flexibility index (Phi) is 3.96. The highest BCUT2D eigenvalue weighted by atomic mass is 32.1. The zero-order valence-corrected chi connectivity index (χ0v) is 14.9. The summed E-state index contributed by atoms with van der Waals surface area (Å²) in [6, 6.07) is 1.98. The van der Waals surface area contributed by atoms with Crippen molar-refractivity contribution in [2.45, 2.75) is 38.6 Å². The Labute approximate surface area is 145 Å². The third-order valence-electron chi connectivity index (χ3n) is 5.21. The van der Waals surface area contributed by atoms with E-state index in [1.54, 1.807) is 11.3 Å². The van der Waals surface area contributed by atoms with Crippen LogP contribution in [-0.4, -0.2) is 41.1 Å². The van der Waals surface area contributed by atoms with E-state index in [0.29, 0.717) is 38.0 Å². The first kappa shape index (κ1) is 15.8. The highest BCUT2D eigenvalue weighted by Crippen LogP contribution is 2.44. The lowest BCUT2D eigenvalue weighted by Gasteiger charge is -2.45. The molecule has 0 N–H and O–H groups in total. The Morgan fingerprint density at radius 1 is 1.50 bits per heavy atom. The van der Waals surface area contributed by atoms with Gasteiger partial charge in [0.15, 0.2) is 0 Å². The van der Waals surface area contributed by atoms with Gasteiger partial charge in [-0.3, -0.25) is 4.79 Å². The molecule has 1 unspecified atom stereocenters. The number of carbonyl (C=O) groups is 1. The van der Waals surface area contributed by atoms with E-state index in [4.69, 9.17) is 9.15 Å². The van der Waals surface area contributed by atoms with E-state index in [9.17, 15) is 4.79 Å². The molecule has 1 aliphatic carbocycles. The van der Waals surface area contributed by atoms with E-state index in [0.717, 1.165) is 17.0 Å². The fourth-order valence-corrected chi connectivity index (χ4v) is 4.19. The normalized spacial score (nSPS) is 24.3. The number of hydrogen-bond acceptors (Lipinski definition) is 5. The van der Waals surface area contributed by atoms with Crippen molar-refractivity contribution in [3.8, 4) is 11.5 Å². The van der Waals surface area contributed by atoms with E-state index in [-0.39, 0.29) is 11.4 Å². The maximum Gasteiger partial charge on any atom is 0.229 e. The predicted molar refractivity (Wildman–Crippen MR) is 91.9 cm³/mol. The Balaban J connectivity index is 1.53. The van der Waals surface area contributed by atoms with Crippen LogP contribution in [0, 0.1) is 12.8 Å². The van der Waals surface area contributed by atoms with Crippen molar-refractivity contribution in [3.63, 3.8) is 0 Å². The third-order valence-corrected chi connectivity index (χ3v) is 5.89. The van der Waals surface area contributed by atoms with Crippen molar-refractivity contribution in [1.82, 2.24) is 9.88 Å². The van der Waals surface area contributed by atoms with Gasteiger partial charge in [0.25, 0.3) is 0 Å². The number of aromatic nitrogens is 1. The van der Waals surface area contributed by atoms with Gasteiger partial charge in [-0.15, -0.1) is 0 Å². The largest absolute Gasteiger partial charge is 0.441 e. The van der Waals surface area contributed by atoms with Crippen molar-refractivity contribution < 1.29 is 13.9 Å². The van der Waals surface area contributed by atoms with E-state index in [2.05, 4.69) is 11.9 Å². The van der Waals surface area contributed by atoms with Crippen molar-refractivity contribution in [2.24, 2.45) is 5.92 Å². The first-order valence-corrected chi connectivity index (χ1v) is 9.39. The summed E-state index contributed by atoms with van der Waals surface area (Å²) in [7, 11) is 0. The average Bonchev–Trinajstić information content (AvgIpc) is 3.18. The molecular weight excluding hydrogens is 324 g/mol. The van der Waals surface area contributed by atoms with Crippen LogP contribution in [0.15, 0.2) is 21.2 Å². The van der Waals surface area contributed by atoms with Crippen LogP contribution in [0.1, 0.15) is 31.2 Å². The van der Waals surface area contributed by atoms with Crippen LogP contribution in [0.25, 0.3) is 11.5 Å². The summed E-state index contributed by atoms with van der Waals surface area (Å²) in [5.74, 6) is 2.02. The van der Waals surface area contributed by atoms with Gasteiger partial charge in [0.05, 0.1) is 30.9 Å². The SMILES string of the molecule is Cc1oc(-c2ccsc2)nc1CC(=O)N1CCOCC1(C)C1CC1. The summed E-state index contributed by atoms with van der Waals surface area (Å²) in [5, 5.41) is 4.00. The number of aryl methyl sites for hydroxylation is 1. The highest BCUT2D eigenvalue weighted by Gasteiger charge is 2.49. The molecule has 2 aromatic heterocycles. The molecule has 2 aromatic rings. The molecule has 1 amide bonds. The van der Waals surface area contributed by atoms with Gasteiger partial charge >= 0.3 is 0 Å². The number of oxazole rings is 1. The number of ether oxygens (including phenoxy) is 1. The number of hydrogen-bond donors (Lipinski definition) is 0. The second-order valence-corrected chi connectivity index (χ2v) is 7.72. The molecule has 0 spiro atoms. The summed E-state index contributed by atoms with van der Waals surface area (Å²) in [6.07, 6.45) is 2.67. The highest BCUT2D eigenvalue weighted by molar-refractivity contribution is 7.08. The van der Waals surface area contributed by atoms with Gasteiger partial charge in [-0.05, 0) is 44.1 Å². The number of morpholine rings is 1. The molecule has 0 radical (unpaired) electrons. The maximum absolute atomic E-state index is 13.0. The molecule has 0 bridgehead atoms. The molecule has 0 aromatic carbocycles. The Morgan fingerprint density at radius 3 is 3.04 bits per heavy atom. The molecular formula is C18H22N2O3S. The minimum atomic E-state index is -0.164. The van der Waals surface area contributed by atoms with Crippen molar-refractivity contribution in [3.05, 3.63) is 28.3 Å². The fraction of sp³-hybridized carbons (Fsp3) is 0.556. The molecule has 2 fully saturated rings. The Morgan fingerprint density at radius 2 is 2.33 bits per heavy atom. The van der Waals surface area contributed by atoms with E-state index in [1.165, 1.54) is 12.8 Å². The number of nitrogens with zero attached hydrogens (tertiary/aromatic N) is 2. The van der Waals surface area contributed by atoms with Gasteiger partial charge < -0.3 is 14.1 Å². The molecule has 3 heterocycles. The summed E-state index contributed by atoms with van der Waals surface area (Å²) in [4.78, 5) is 19.5. The second kappa shape index (κ2) is 6.01. The summed E-state index contributed by atoms with van der Waals surface area (Å²) < 4.78 is 11.4. The predicted octanol–water partition coefficient (Wildman–Crippen LogP) is 3.28. The number of rotatable bonds is 4. The van der Waals surface area contributed by atoms with Crippen LogP contribution in [0.4, 0.5) is 0 Å². The van der Waals surface area contributed by atoms with Crippen LogP contribution < -0.4 is 0 Å². The molecule has 1 saturated heterocycles. The number of amides is 1. The van der Waals surface area contributed by atoms with Crippen LogP contribution >= 0.6 is 11.3 Å². The molecule has 128 valence electrons. The molecule has 6 heteroatoms. The zero-order chi connectivity index (χ0) is 16.7. The van der Waals surface area contributed by atoms with Gasteiger partial charge in [0.2, 0.25) is 11.8 Å². The van der Waals surface area contributed by atoms with Gasteiger partial charge in [-0.1, -0.05) is 0 Å². The van der Waals surface area contributed by atoms with E-state index in [1.807, 2.05) is 28.7 Å². The van der Waals surface area contributed by atoms with Crippen LogP contribution in [0.2, 0.25) is 0 Å². The molecule has 2 aliphatic rings. The Hall–Kier alpha value is -1.66. The fourth-order valence-electron chi connectivity index (χ4n) is 3.56. The summed E-state index contributed by atoms with van der Waals surface area (Å²) >= 11 is 1.61. The van der Waals surface area contributed by atoms with Crippen molar-refractivity contribution >= 4 is 17.2 Å². The molecule has 4 rings (SSSR count). The first-order valence-electron chi connectivity index (χ1n) is 8.45. The van der Waals surface area contributed by atoms with Crippen molar-refractivity contribution in [1.29, 1.82) is 0 Å². The number of thiophene rings is 1. The standard InChI is InChI=1S/C18H22N2O3S/c1-12-15(19-17(23-12)13-5-8-24-10-13)9-16(21)20-6-7-22-11-18(20,2)14-3-4-14/h5,8,10,14H,3-4,6-7,9,11H2,1-2H3. The molecule has 1 saturated carbocycles. The molecule has 5 nitrogen and oxygen atoms in total. The quantitative estimate of drug-likeness (QED) is 0.852. The lowest BCUT2D eigenvalue weighted by molar-refractivity contribution is -0.149. The lowest BCUT2D eigenvalue weighted by Crippen LogP contribution is -2.59. The lowest BCUT2D eigenvalue weighted by atomic mass is 9.92. The third kappa shape index (κ3) is 2.78. The van der Waals surface area contributed by atoms with Gasteiger partial charge in [-0.25, -0.2) is 4.98 Å². The van der Waals surface area contributed by atoms with Crippen LogP contribution in [0.3, 0.4) is 0 Å². The maximum atomic E-state index is 13.0. The first-order chi connectivity index (χ1) is 11.6. The van der Waals surface area contributed by atoms with Crippen LogP contribution in [-0.2, 0) is 16.0 Å². The topological polar surface area (TPSA) is 55.6 Å². The van der Waals surface area contributed by atoms with Gasteiger partial charge in [0, 0.05) is 17.5 Å². The van der Waals surface area contributed by atoms with Gasteiger partial charge in [-0.2, -0.15) is 11.3 Å². The smallest absolute Gasteiger partial charge is 0.229 e.